The highest BCUT2D eigenvalue weighted by Gasteiger charge is 2.35. The molecule has 1 aliphatic carbocycles. The minimum Gasteiger partial charge on any atom is -0.298 e. The number of rotatable bonds is 3. The quantitative estimate of drug-likeness (QED) is 0.688. The molecule has 0 amide bonds. The van der Waals surface area contributed by atoms with E-state index in [2.05, 4.69) is 4.90 Å². The van der Waals surface area contributed by atoms with Crippen LogP contribution in [0.4, 0.5) is 0 Å². The van der Waals surface area contributed by atoms with E-state index < -0.39 is 0 Å². The molecule has 1 aliphatic heterocycles. The number of nitrogens with zero attached hydrogens (tertiary/aromatic N) is 1. The van der Waals surface area contributed by atoms with E-state index in [-0.39, 0.29) is 0 Å². The van der Waals surface area contributed by atoms with Gasteiger partial charge in [0, 0.05) is 12.5 Å². The maximum atomic E-state index is 11.4. The molecule has 1 saturated heterocycles. The summed E-state index contributed by atoms with van der Waals surface area (Å²) in [5.41, 5.74) is 0. The predicted octanol–water partition coefficient (Wildman–Crippen LogP) is 2.23. The van der Waals surface area contributed by atoms with E-state index in [1.807, 2.05) is 6.92 Å². The first-order valence-corrected chi connectivity index (χ1v) is 6.07. The van der Waals surface area contributed by atoms with E-state index in [1.165, 1.54) is 38.6 Å². The molecule has 0 spiro atoms. The van der Waals surface area contributed by atoms with E-state index in [0.717, 1.165) is 18.5 Å². The highest BCUT2D eigenvalue weighted by Crippen LogP contribution is 2.35. The summed E-state index contributed by atoms with van der Waals surface area (Å²) in [6.07, 6.45) is 7.56. The van der Waals surface area contributed by atoms with E-state index in [4.69, 9.17) is 0 Å². The topological polar surface area (TPSA) is 20.3 Å². The van der Waals surface area contributed by atoms with Crippen LogP contribution >= 0.6 is 0 Å². The van der Waals surface area contributed by atoms with Crippen LogP contribution in [0.2, 0.25) is 0 Å². The van der Waals surface area contributed by atoms with Crippen LogP contribution in [0.5, 0.6) is 0 Å². The molecule has 2 unspecified atom stereocenters. The molecule has 2 fully saturated rings. The second-order valence-corrected chi connectivity index (χ2v) is 4.76. The van der Waals surface area contributed by atoms with Crippen LogP contribution in [-0.2, 0) is 4.79 Å². The van der Waals surface area contributed by atoms with Crippen LogP contribution in [0.15, 0.2) is 0 Å². The van der Waals surface area contributed by atoms with Crippen molar-refractivity contribution in [3.8, 4) is 0 Å². The minimum atomic E-state index is 0.413. The zero-order valence-corrected chi connectivity index (χ0v) is 9.17. The van der Waals surface area contributed by atoms with E-state index >= 15 is 0 Å². The highest BCUT2D eigenvalue weighted by atomic mass is 16.1. The molecule has 80 valence electrons. The molecule has 0 radical (unpaired) electrons. The van der Waals surface area contributed by atoms with Crippen LogP contribution in [0, 0.1) is 5.92 Å². The molecule has 1 saturated carbocycles. The molecule has 0 bridgehead atoms. The Kier molecular flexibility index (Phi) is 3.22. The van der Waals surface area contributed by atoms with Gasteiger partial charge < -0.3 is 0 Å². The van der Waals surface area contributed by atoms with Gasteiger partial charge in [-0.25, -0.2) is 0 Å². The van der Waals surface area contributed by atoms with Crippen molar-refractivity contribution < 1.29 is 4.79 Å². The molecule has 0 aromatic heterocycles. The first kappa shape index (κ1) is 10.2. The Morgan fingerprint density at radius 3 is 2.86 bits per heavy atom. The van der Waals surface area contributed by atoms with Gasteiger partial charge in [-0.05, 0) is 31.7 Å². The van der Waals surface area contributed by atoms with Gasteiger partial charge in [0.25, 0.3) is 0 Å². The normalized spacial score (nSPS) is 32.9. The smallest absolute Gasteiger partial charge is 0.146 e. The van der Waals surface area contributed by atoms with E-state index in [9.17, 15) is 4.79 Å². The first-order chi connectivity index (χ1) is 6.81. The Morgan fingerprint density at radius 1 is 1.29 bits per heavy atom. The Morgan fingerprint density at radius 2 is 2.07 bits per heavy atom. The zero-order valence-electron chi connectivity index (χ0n) is 9.17. The van der Waals surface area contributed by atoms with Gasteiger partial charge in [0.1, 0.15) is 5.78 Å². The number of hydrogen-bond donors (Lipinski definition) is 0. The van der Waals surface area contributed by atoms with Gasteiger partial charge in [0.15, 0.2) is 0 Å². The third-order valence-electron chi connectivity index (χ3n) is 3.90. The molecule has 14 heavy (non-hydrogen) atoms. The van der Waals surface area contributed by atoms with Crippen molar-refractivity contribution in [1.29, 1.82) is 0 Å². The van der Waals surface area contributed by atoms with Crippen molar-refractivity contribution in [2.75, 3.05) is 13.1 Å². The monoisotopic (exact) mass is 195 g/mol. The molecule has 2 nitrogen and oxygen atoms in total. The Bertz CT molecular complexity index is 214. The van der Waals surface area contributed by atoms with Crippen molar-refractivity contribution in [2.24, 2.45) is 5.92 Å². The number of fused-ring (bicyclic) bond motifs is 1. The lowest BCUT2D eigenvalue weighted by molar-refractivity contribution is -0.120. The number of carbonyl (C=O) groups is 1. The van der Waals surface area contributed by atoms with Crippen molar-refractivity contribution in [3.63, 3.8) is 0 Å². The number of likely N-dealkylation sites (tertiary alicyclic amines) is 1. The third kappa shape index (κ3) is 2.00. The van der Waals surface area contributed by atoms with Crippen LogP contribution < -0.4 is 0 Å². The molecule has 0 N–H and O–H groups in total. The second-order valence-electron chi connectivity index (χ2n) is 4.76. The fourth-order valence-electron chi connectivity index (χ4n) is 3.04. The predicted molar refractivity (Wildman–Crippen MR) is 57.2 cm³/mol. The lowest BCUT2D eigenvalue weighted by Gasteiger charge is -2.31. The molecular weight excluding hydrogens is 174 g/mol. The maximum Gasteiger partial charge on any atom is 0.146 e. The van der Waals surface area contributed by atoms with Gasteiger partial charge in [-0.2, -0.15) is 0 Å². The summed E-state index contributed by atoms with van der Waals surface area (Å²) in [7, 11) is 0. The second kappa shape index (κ2) is 4.43. The lowest BCUT2D eigenvalue weighted by Crippen LogP contribution is -2.37. The zero-order chi connectivity index (χ0) is 9.97. The van der Waals surface area contributed by atoms with Crippen molar-refractivity contribution in [3.05, 3.63) is 0 Å². The molecule has 2 rings (SSSR count). The summed E-state index contributed by atoms with van der Waals surface area (Å²) in [6.45, 7) is 3.86. The summed E-state index contributed by atoms with van der Waals surface area (Å²) < 4.78 is 0. The Balaban J connectivity index is 1.90. The first-order valence-electron chi connectivity index (χ1n) is 6.07. The molecule has 0 aromatic rings. The fraction of sp³-hybridized carbons (Fsp3) is 0.917. The lowest BCUT2D eigenvalue weighted by atomic mass is 9.85. The van der Waals surface area contributed by atoms with Crippen LogP contribution in [0.25, 0.3) is 0 Å². The van der Waals surface area contributed by atoms with Crippen molar-refractivity contribution in [2.45, 2.75) is 51.5 Å². The summed E-state index contributed by atoms with van der Waals surface area (Å²) >= 11 is 0. The number of hydrogen-bond acceptors (Lipinski definition) is 2. The maximum absolute atomic E-state index is 11.4. The van der Waals surface area contributed by atoms with Crippen LogP contribution in [0.1, 0.15) is 45.4 Å². The van der Waals surface area contributed by atoms with Crippen molar-refractivity contribution >= 4 is 5.78 Å². The minimum absolute atomic E-state index is 0.413. The van der Waals surface area contributed by atoms with Gasteiger partial charge in [0.2, 0.25) is 0 Å². The summed E-state index contributed by atoms with van der Waals surface area (Å²) in [6, 6.07) is 0.749. The number of Topliss-reactive ketones (excluding diaryl/α,β-unsaturated/α-hetero) is 1. The van der Waals surface area contributed by atoms with E-state index in [1.54, 1.807) is 0 Å². The van der Waals surface area contributed by atoms with Gasteiger partial charge in [0.05, 0.1) is 6.54 Å². The SMILES string of the molecule is CCC(=O)CN1CCC2CCCCC21. The largest absolute Gasteiger partial charge is 0.298 e. The van der Waals surface area contributed by atoms with Crippen molar-refractivity contribution in [1.82, 2.24) is 4.90 Å². The summed E-state index contributed by atoms with van der Waals surface area (Å²) in [5.74, 6) is 1.32. The van der Waals surface area contributed by atoms with Crippen LogP contribution in [-0.4, -0.2) is 29.8 Å². The fourth-order valence-corrected chi connectivity index (χ4v) is 3.04. The molecule has 2 atom stereocenters. The van der Waals surface area contributed by atoms with E-state index in [0.29, 0.717) is 12.2 Å². The van der Waals surface area contributed by atoms with Gasteiger partial charge in [-0.1, -0.05) is 19.8 Å². The summed E-state index contributed by atoms with van der Waals surface area (Å²) in [5, 5.41) is 0. The number of carbonyl (C=O) groups excluding carboxylic acids is 1. The highest BCUT2D eigenvalue weighted by molar-refractivity contribution is 5.80. The molecule has 2 heteroatoms. The Hall–Kier alpha value is -0.370. The average Bonchev–Trinajstić information content (AvgIpc) is 2.62. The van der Waals surface area contributed by atoms with Crippen LogP contribution in [0.3, 0.4) is 0 Å². The Labute approximate surface area is 86.7 Å². The van der Waals surface area contributed by atoms with Gasteiger partial charge >= 0.3 is 0 Å². The molecule has 2 aliphatic rings. The molecular formula is C12H21NO. The molecule has 0 aromatic carbocycles. The summed E-state index contributed by atoms with van der Waals surface area (Å²) in [4.78, 5) is 13.8. The average molecular weight is 195 g/mol. The third-order valence-corrected chi connectivity index (χ3v) is 3.90. The van der Waals surface area contributed by atoms with Gasteiger partial charge in [-0.3, -0.25) is 9.69 Å². The standard InChI is InChI=1S/C12H21NO/c1-2-11(14)9-13-8-7-10-5-3-4-6-12(10)13/h10,12H,2-9H2,1H3. The molecule has 1 heterocycles. The number of ketones is 1. The van der Waals surface area contributed by atoms with Gasteiger partial charge in [-0.15, -0.1) is 0 Å².